The molecule has 0 fully saturated rings. The normalized spacial score (nSPS) is 10.8. The van der Waals surface area contributed by atoms with E-state index in [0.29, 0.717) is 6.54 Å². The second-order valence-electron chi connectivity index (χ2n) is 3.80. The molecule has 0 spiro atoms. The van der Waals surface area contributed by atoms with Crippen molar-refractivity contribution in [2.45, 2.75) is 26.1 Å². The number of carbonyl (C=O) groups is 2. The molecule has 5 heteroatoms. The van der Waals surface area contributed by atoms with Crippen molar-refractivity contribution in [3.05, 3.63) is 0 Å². The molecule has 4 nitrogen and oxygen atoms in total. The highest BCUT2D eigenvalue weighted by Crippen LogP contribution is 2.07. The Balaban J connectivity index is 4.01. The summed E-state index contributed by atoms with van der Waals surface area (Å²) in [4.78, 5) is 21.5. The molecule has 0 bridgehead atoms. The zero-order valence-electron chi connectivity index (χ0n) is 8.66. The first-order valence-electron chi connectivity index (χ1n) is 4.20. The van der Waals surface area contributed by atoms with E-state index in [9.17, 15) is 9.59 Å². The van der Waals surface area contributed by atoms with Crippen molar-refractivity contribution in [3.8, 4) is 0 Å². The van der Waals surface area contributed by atoms with E-state index in [4.69, 9.17) is 0 Å². The van der Waals surface area contributed by atoms with Gasteiger partial charge in [0.25, 0.3) is 0 Å². The molecule has 0 unspecified atom stereocenters. The van der Waals surface area contributed by atoms with Gasteiger partial charge in [0.2, 0.25) is 6.41 Å². The summed E-state index contributed by atoms with van der Waals surface area (Å²) in [7, 11) is -0.259. The number of esters is 1. The summed E-state index contributed by atoms with van der Waals surface area (Å²) in [6.07, 6.45) is 1.09. The molecule has 0 aliphatic carbocycles. The summed E-state index contributed by atoms with van der Waals surface area (Å²) in [5.41, 5.74) is 0. The topological polar surface area (TPSA) is 46.6 Å². The fraction of sp³-hybridized carbons (Fsp3) is 0.750. The number of hydrogen-bond donors (Lipinski definition) is 0. The molecule has 0 aromatic carbocycles. The molecule has 0 atom stereocenters. The Morgan fingerprint density at radius 2 is 2.00 bits per heavy atom. The van der Waals surface area contributed by atoms with Gasteiger partial charge in [0.05, 0.1) is 13.5 Å². The highest BCUT2D eigenvalue weighted by molar-refractivity contribution is 6.74. The van der Waals surface area contributed by atoms with Crippen molar-refractivity contribution in [3.63, 3.8) is 0 Å². The maximum atomic E-state index is 10.8. The fourth-order valence-corrected chi connectivity index (χ4v) is 1.96. The van der Waals surface area contributed by atoms with Gasteiger partial charge in [-0.3, -0.25) is 9.59 Å². The Morgan fingerprint density at radius 1 is 1.46 bits per heavy atom. The number of amides is 1. The third-order valence-electron chi connectivity index (χ3n) is 1.77. The lowest BCUT2D eigenvalue weighted by atomic mass is 10.4. The Bertz CT molecular complexity index is 188. The third-order valence-corrected chi connectivity index (χ3v) is 3.83. The minimum absolute atomic E-state index is 0.273. The van der Waals surface area contributed by atoms with Gasteiger partial charge in [0.15, 0.2) is 8.24 Å². The monoisotopic (exact) mass is 203 g/mol. The number of rotatable bonds is 5. The van der Waals surface area contributed by atoms with Crippen LogP contribution in [0.3, 0.4) is 0 Å². The summed E-state index contributed by atoms with van der Waals surface area (Å²) in [5.74, 6) is -0.273. The molecular formula is C8H17NO3Si. The van der Waals surface area contributed by atoms with Crippen molar-refractivity contribution in [2.75, 3.05) is 13.7 Å². The van der Waals surface area contributed by atoms with Gasteiger partial charge >= 0.3 is 5.97 Å². The molecule has 76 valence electrons. The zero-order valence-corrected chi connectivity index (χ0v) is 9.66. The van der Waals surface area contributed by atoms with Gasteiger partial charge in [-0.05, 0) is 0 Å². The highest BCUT2D eigenvalue weighted by atomic mass is 28.3. The Labute approximate surface area is 80.0 Å². The van der Waals surface area contributed by atoms with Crippen molar-refractivity contribution >= 4 is 20.6 Å². The van der Waals surface area contributed by atoms with Crippen LogP contribution in [0.1, 0.15) is 6.42 Å². The van der Waals surface area contributed by atoms with Crippen LogP contribution >= 0.6 is 0 Å². The first-order valence-corrected chi connectivity index (χ1v) is 7.65. The second-order valence-corrected chi connectivity index (χ2v) is 8.71. The predicted molar refractivity (Wildman–Crippen MR) is 52.7 cm³/mol. The van der Waals surface area contributed by atoms with E-state index < -0.39 is 8.24 Å². The van der Waals surface area contributed by atoms with Gasteiger partial charge in [0.1, 0.15) is 0 Å². The average molecular weight is 203 g/mol. The van der Waals surface area contributed by atoms with Crippen LogP contribution < -0.4 is 0 Å². The van der Waals surface area contributed by atoms with Crippen molar-refractivity contribution in [1.82, 2.24) is 4.57 Å². The number of carbonyl (C=O) groups excluding carboxylic acids is 2. The summed E-state index contributed by atoms with van der Waals surface area (Å²) >= 11 is 0. The van der Waals surface area contributed by atoms with Gasteiger partial charge < -0.3 is 9.30 Å². The van der Waals surface area contributed by atoms with Gasteiger partial charge in [0, 0.05) is 6.54 Å². The van der Waals surface area contributed by atoms with E-state index in [1.165, 1.54) is 7.11 Å². The largest absolute Gasteiger partial charge is 0.469 e. The molecule has 0 N–H and O–H groups in total. The minimum Gasteiger partial charge on any atom is -0.469 e. The summed E-state index contributed by atoms with van der Waals surface area (Å²) < 4.78 is 6.20. The summed E-state index contributed by atoms with van der Waals surface area (Å²) in [5, 5.41) is 0. The van der Waals surface area contributed by atoms with Crippen molar-refractivity contribution in [1.29, 1.82) is 0 Å². The molecule has 13 heavy (non-hydrogen) atoms. The van der Waals surface area contributed by atoms with E-state index in [0.717, 1.165) is 6.41 Å². The average Bonchev–Trinajstić information content (AvgIpc) is 2.02. The standard InChI is InChI=1S/C8H17NO3Si/c1-12-8(11)5-6-9(7-10)13(2,3)4/h7H,5-6H2,1-4H3. The van der Waals surface area contributed by atoms with Crippen molar-refractivity contribution in [2.24, 2.45) is 0 Å². The smallest absolute Gasteiger partial charge is 0.307 e. The number of ether oxygens (including phenoxy) is 1. The molecular weight excluding hydrogens is 186 g/mol. The maximum Gasteiger partial charge on any atom is 0.307 e. The first kappa shape index (κ1) is 12.2. The fourth-order valence-electron chi connectivity index (χ4n) is 0.860. The van der Waals surface area contributed by atoms with E-state index in [-0.39, 0.29) is 12.4 Å². The second kappa shape index (κ2) is 5.01. The molecule has 0 radical (unpaired) electrons. The van der Waals surface area contributed by atoms with Crippen LogP contribution in [-0.4, -0.2) is 38.8 Å². The van der Waals surface area contributed by atoms with Gasteiger partial charge in [-0.1, -0.05) is 19.6 Å². The van der Waals surface area contributed by atoms with E-state index in [2.05, 4.69) is 24.4 Å². The minimum atomic E-state index is -1.61. The van der Waals surface area contributed by atoms with Crippen LogP contribution in [0.15, 0.2) is 0 Å². The summed E-state index contributed by atoms with van der Waals surface area (Å²) in [6.45, 7) is 6.63. The van der Waals surface area contributed by atoms with Gasteiger partial charge in [-0.2, -0.15) is 0 Å². The molecule has 0 saturated carbocycles. The first-order chi connectivity index (χ1) is 5.91. The number of nitrogens with zero attached hydrogens (tertiary/aromatic N) is 1. The predicted octanol–water partition coefficient (Wildman–Crippen LogP) is 0.843. The van der Waals surface area contributed by atoms with Gasteiger partial charge in [-0.15, -0.1) is 0 Å². The molecule has 1 amide bonds. The van der Waals surface area contributed by atoms with Crippen LogP contribution in [0, 0.1) is 0 Å². The van der Waals surface area contributed by atoms with Crippen LogP contribution in [0.2, 0.25) is 19.6 Å². The highest BCUT2D eigenvalue weighted by Gasteiger charge is 2.22. The lowest BCUT2D eigenvalue weighted by molar-refractivity contribution is -0.140. The van der Waals surface area contributed by atoms with Crippen LogP contribution in [-0.2, 0) is 14.3 Å². The van der Waals surface area contributed by atoms with Crippen molar-refractivity contribution < 1.29 is 14.3 Å². The van der Waals surface area contributed by atoms with Crippen LogP contribution in [0.5, 0.6) is 0 Å². The molecule has 0 aliphatic heterocycles. The van der Waals surface area contributed by atoms with Crippen LogP contribution in [0.4, 0.5) is 0 Å². The molecule has 0 aromatic rings. The Kier molecular flexibility index (Phi) is 4.69. The number of methoxy groups -OCH3 is 1. The SMILES string of the molecule is COC(=O)CCN(C=O)[Si](C)(C)C. The number of hydrogen-bond acceptors (Lipinski definition) is 3. The summed E-state index contributed by atoms with van der Waals surface area (Å²) in [6, 6.07) is 0. The zero-order chi connectivity index (χ0) is 10.5. The Morgan fingerprint density at radius 3 is 2.31 bits per heavy atom. The molecule has 0 aromatic heterocycles. The quantitative estimate of drug-likeness (QED) is 0.378. The van der Waals surface area contributed by atoms with E-state index >= 15 is 0 Å². The third kappa shape index (κ3) is 4.67. The molecule has 0 aliphatic rings. The molecule has 0 heterocycles. The lowest BCUT2D eigenvalue weighted by Gasteiger charge is -2.29. The van der Waals surface area contributed by atoms with E-state index in [1.54, 1.807) is 4.57 Å². The molecule has 0 rings (SSSR count). The van der Waals surface area contributed by atoms with Crippen LogP contribution in [0.25, 0.3) is 0 Å². The lowest BCUT2D eigenvalue weighted by Crippen LogP contribution is -2.46. The Hall–Kier alpha value is -0.843. The maximum absolute atomic E-state index is 10.8. The van der Waals surface area contributed by atoms with E-state index in [1.807, 2.05) is 0 Å². The molecule has 0 saturated heterocycles. The van der Waals surface area contributed by atoms with Gasteiger partial charge in [-0.25, -0.2) is 0 Å².